The van der Waals surface area contributed by atoms with E-state index in [-0.39, 0.29) is 0 Å². The molecule has 4 nitrogen and oxygen atoms in total. The minimum atomic E-state index is 0.706. The first-order chi connectivity index (χ1) is 10.2. The Morgan fingerprint density at radius 2 is 2.10 bits per heavy atom. The van der Waals surface area contributed by atoms with Gasteiger partial charge in [0.05, 0.1) is 6.20 Å². The molecule has 0 aromatic carbocycles. The summed E-state index contributed by atoms with van der Waals surface area (Å²) in [4.78, 5) is 6.72. The minimum absolute atomic E-state index is 0.706. The molecule has 1 aliphatic rings. The summed E-state index contributed by atoms with van der Waals surface area (Å²) in [6, 6.07) is 4.97. The van der Waals surface area contributed by atoms with Gasteiger partial charge in [-0.05, 0) is 56.8 Å². The summed E-state index contributed by atoms with van der Waals surface area (Å²) in [5.74, 6) is 0. The summed E-state index contributed by atoms with van der Waals surface area (Å²) in [5, 5.41) is 4.36. The molecule has 1 aliphatic heterocycles. The van der Waals surface area contributed by atoms with Crippen LogP contribution in [0, 0.1) is 6.92 Å². The number of rotatable bonds is 5. The minimum Gasteiger partial charge on any atom is -0.296 e. The van der Waals surface area contributed by atoms with E-state index in [9.17, 15) is 0 Å². The third-order valence-electron chi connectivity index (χ3n) is 4.73. The van der Waals surface area contributed by atoms with Crippen LogP contribution in [0.3, 0.4) is 0 Å². The van der Waals surface area contributed by atoms with Crippen molar-refractivity contribution in [2.75, 3.05) is 6.54 Å². The van der Waals surface area contributed by atoms with E-state index in [2.05, 4.69) is 34.0 Å². The zero-order valence-corrected chi connectivity index (χ0v) is 13.0. The van der Waals surface area contributed by atoms with E-state index in [1.54, 1.807) is 0 Å². The van der Waals surface area contributed by atoms with Crippen LogP contribution in [0.4, 0.5) is 0 Å². The number of hydrogen-bond acceptors (Lipinski definition) is 3. The first-order valence-corrected chi connectivity index (χ1v) is 7.84. The van der Waals surface area contributed by atoms with Crippen molar-refractivity contribution in [3.05, 3.63) is 47.5 Å². The van der Waals surface area contributed by atoms with Crippen LogP contribution in [0.1, 0.15) is 36.1 Å². The molecule has 0 bridgehead atoms. The van der Waals surface area contributed by atoms with Gasteiger partial charge >= 0.3 is 0 Å². The molecule has 2 aromatic heterocycles. The van der Waals surface area contributed by atoms with E-state index >= 15 is 0 Å². The van der Waals surface area contributed by atoms with Crippen molar-refractivity contribution < 1.29 is 0 Å². The quantitative estimate of drug-likeness (QED) is 0.846. The molecule has 1 fully saturated rings. The predicted molar refractivity (Wildman–Crippen MR) is 83.9 cm³/mol. The lowest BCUT2D eigenvalue weighted by atomic mass is 10.0. The molecular formula is C17H24N4. The number of aromatic nitrogens is 3. The lowest BCUT2D eigenvalue weighted by molar-refractivity contribution is 0.234. The number of pyridine rings is 1. The molecule has 2 aromatic rings. The average Bonchev–Trinajstić information content (AvgIpc) is 3.08. The van der Waals surface area contributed by atoms with Crippen LogP contribution in [0.5, 0.6) is 0 Å². The molecule has 0 spiro atoms. The van der Waals surface area contributed by atoms with Gasteiger partial charge in [-0.3, -0.25) is 14.6 Å². The molecule has 3 rings (SSSR count). The molecule has 0 amide bonds. The maximum Gasteiger partial charge on any atom is 0.0537 e. The van der Waals surface area contributed by atoms with Crippen LogP contribution in [0.15, 0.2) is 30.7 Å². The fourth-order valence-corrected chi connectivity index (χ4v) is 3.23. The van der Waals surface area contributed by atoms with Crippen LogP contribution in [-0.4, -0.2) is 32.3 Å². The Kier molecular flexibility index (Phi) is 4.34. The van der Waals surface area contributed by atoms with Crippen LogP contribution in [0.2, 0.25) is 0 Å². The van der Waals surface area contributed by atoms with Crippen molar-refractivity contribution >= 4 is 0 Å². The Balaban J connectivity index is 1.59. The van der Waals surface area contributed by atoms with E-state index in [4.69, 9.17) is 0 Å². The highest BCUT2D eigenvalue weighted by molar-refractivity contribution is 5.16. The second kappa shape index (κ2) is 6.39. The van der Waals surface area contributed by atoms with Crippen molar-refractivity contribution in [3.8, 4) is 0 Å². The second-order valence-electron chi connectivity index (χ2n) is 6.04. The van der Waals surface area contributed by atoms with Gasteiger partial charge < -0.3 is 0 Å². The number of nitrogens with zero attached hydrogens (tertiary/aromatic N) is 4. The van der Waals surface area contributed by atoms with Gasteiger partial charge in [0.15, 0.2) is 0 Å². The van der Waals surface area contributed by atoms with E-state index in [1.165, 1.54) is 42.6 Å². The van der Waals surface area contributed by atoms with E-state index in [0.29, 0.717) is 6.04 Å². The smallest absolute Gasteiger partial charge is 0.0537 e. The van der Waals surface area contributed by atoms with Crippen molar-refractivity contribution in [1.29, 1.82) is 0 Å². The van der Waals surface area contributed by atoms with Gasteiger partial charge in [-0.2, -0.15) is 5.10 Å². The third-order valence-corrected chi connectivity index (χ3v) is 4.73. The largest absolute Gasteiger partial charge is 0.296 e. The molecule has 1 atom stereocenters. The second-order valence-corrected chi connectivity index (χ2v) is 6.04. The first kappa shape index (κ1) is 14.3. The highest BCUT2D eigenvalue weighted by Crippen LogP contribution is 2.24. The first-order valence-electron chi connectivity index (χ1n) is 7.84. The van der Waals surface area contributed by atoms with Gasteiger partial charge in [0.2, 0.25) is 0 Å². The number of aryl methyl sites for hydroxylation is 2. The Morgan fingerprint density at radius 3 is 2.81 bits per heavy atom. The van der Waals surface area contributed by atoms with Crippen molar-refractivity contribution in [1.82, 2.24) is 19.7 Å². The highest BCUT2D eigenvalue weighted by Gasteiger charge is 2.25. The lowest BCUT2D eigenvalue weighted by Gasteiger charge is -2.24. The zero-order valence-electron chi connectivity index (χ0n) is 13.0. The molecule has 21 heavy (non-hydrogen) atoms. The normalized spacial score (nSPS) is 19.2. The number of hydrogen-bond donors (Lipinski definition) is 0. The van der Waals surface area contributed by atoms with E-state index < -0.39 is 0 Å². The monoisotopic (exact) mass is 284 g/mol. The highest BCUT2D eigenvalue weighted by atomic mass is 15.3. The lowest BCUT2D eigenvalue weighted by Crippen LogP contribution is -2.29. The number of likely N-dealkylation sites (tertiary alicyclic amines) is 1. The predicted octanol–water partition coefficient (Wildman–Crippen LogP) is 2.72. The topological polar surface area (TPSA) is 34.0 Å². The van der Waals surface area contributed by atoms with Gasteiger partial charge in [0, 0.05) is 43.3 Å². The van der Waals surface area contributed by atoms with E-state index in [1.807, 2.05) is 30.3 Å². The maximum atomic E-state index is 4.36. The van der Waals surface area contributed by atoms with E-state index in [0.717, 1.165) is 13.0 Å². The molecule has 4 heteroatoms. The molecule has 0 saturated carbocycles. The van der Waals surface area contributed by atoms with Gasteiger partial charge in [0.1, 0.15) is 0 Å². The summed E-state index contributed by atoms with van der Waals surface area (Å²) in [6.45, 7) is 4.42. The van der Waals surface area contributed by atoms with Crippen LogP contribution in [-0.2, 0) is 20.0 Å². The Morgan fingerprint density at radius 1 is 1.29 bits per heavy atom. The third kappa shape index (κ3) is 3.32. The van der Waals surface area contributed by atoms with Gasteiger partial charge in [-0.25, -0.2) is 0 Å². The Hall–Kier alpha value is -1.68. The van der Waals surface area contributed by atoms with Gasteiger partial charge in [-0.15, -0.1) is 0 Å². The van der Waals surface area contributed by atoms with Gasteiger partial charge in [0.25, 0.3) is 0 Å². The fraction of sp³-hybridized carbons (Fsp3) is 0.529. The SMILES string of the molecule is Cc1c(CN2CCC[C@H]2CCc2ccncc2)cnn1C. The summed E-state index contributed by atoms with van der Waals surface area (Å²) in [7, 11) is 2.02. The summed E-state index contributed by atoms with van der Waals surface area (Å²) in [6.07, 6.45) is 10.8. The van der Waals surface area contributed by atoms with Crippen LogP contribution in [0.25, 0.3) is 0 Å². The molecule has 0 N–H and O–H groups in total. The summed E-state index contributed by atoms with van der Waals surface area (Å²) < 4.78 is 1.97. The maximum absolute atomic E-state index is 4.36. The molecule has 0 unspecified atom stereocenters. The summed E-state index contributed by atoms with van der Waals surface area (Å²) >= 11 is 0. The fourth-order valence-electron chi connectivity index (χ4n) is 3.23. The molecular weight excluding hydrogens is 260 g/mol. The Labute approximate surface area is 126 Å². The molecule has 0 aliphatic carbocycles. The van der Waals surface area contributed by atoms with Crippen LogP contribution < -0.4 is 0 Å². The molecule has 0 radical (unpaired) electrons. The van der Waals surface area contributed by atoms with Crippen molar-refractivity contribution in [3.63, 3.8) is 0 Å². The van der Waals surface area contributed by atoms with Crippen LogP contribution >= 0.6 is 0 Å². The molecule has 112 valence electrons. The summed E-state index contributed by atoms with van der Waals surface area (Å²) in [5.41, 5.74) is 4.05. The molecule has 1 saturated heterocycles. The van der Waals surface area contributed by atoms with Crippen molar-refractivity contribution in [2.24, 2.45) is 7.05 Å². The van der Waals surface area contributed by atoms with Gasteiger partial charge in [-0.1, -0.05) is 0 Å². The molecule has 3 heterocycles. The average molecular weight is 284 g/mol. The zero-order chi connectivity index (χ0) is 14.7. The van der Waals surface area contributed by atoms with Crippen molar-refractivity contribution in [2.45, 2.75) is 45.2 Å². The standard InChI is InChI=1S/C17H24N4/c1-14-16(12-19-20(14)2)13-21-11-3-4-17(21)6-5-15-7-9-18-10-8-15/h7-10,12,17H,3-6,11,13H2,1-2H3/t17-/m0/s1. The Bertz CT molecular complexity index is 576.